The number of imidazole rings is 1. The van der Waals surface area contributed by atoms with Crippen LogP contribution in [0.3, 0.4) is 0 Å². The highest BCUT2D eigenvalue weighted by Gasteiger charge is 2.20. The van der Waals surface area contributed by atoms with Gasteiger partial charge in [0.05, 0.1) is 12.1 Å². The topological polar surface area (TPSA) is 123 Å². The van der Waals surface area contributed by atoms with Gasteiger partial charge < -0.3 is 10.1 Å². The Morgan fingerprint density at radius 3 is 2.53 bits per heavy atom. The molecular formula is C23H20BrN7O3. The minimum absolute atomic E-state index is 0.137. The van der Waals surface area contributed by atoms with E-state index < -0.39 is 11.2 Å². The van der Waals surface area contributed by atoms with Crippen molar-refractivity contribution in [3.63, 3.8) is 0 Å². The Balaban J connectivity index is 1.73. The number of aromatic hydroxyl groups is 1. The molecule has 0 aliphatic heterocycles. The van der Waals surface area contributed by atoms with Crippen LogP contribution in [-0.2, 0) is 20.6 Å². The van der Waals surface area contributed by atoms with Crippen LogP contribution in [0.1, 0.15) is 11.1 Å². The second kappa shape index (κ2) is 8.10. The standard InChI is InChI=1S/C23H20BrN7O3/c1-12-4-6-13(7-5-12)11-31-18-19(29(2)23(34)30(3)21(18)33)26-22(31)28-27-17-15-10-14(24)8-9-16(15)25-20(17)32/h4-10,25,32H,11H2,1-3H3. The average molecular weight is 522 g/mol. The molecular weight excluding hydrogens is 502 g/mol. The Kier molecular flexibility index (Phi) is 5.20. The fraction of sp³-hybridized carbons (Fsp3) is 0.174. The molecule has 0 radical (unpaired) electrons. The molecule has 0 saturated carbocycles. The van der Waals surface area contributed by atoms with E-state index >= 15 is 0 Å². The minimum Gasteiger partial charge on any atom is -0.493 e. The SMILES string of the molecule is Cc1ccc(Cn2c(N=Nc3c(O)[nH]c4ccc(Br)cc34)nc3c2c(=O)n(C)c(=O)n3C)cc1. The van der Waals surface area contributed by atoms with Crippen molar-refractivity contribution in [2.75, 3.05) is 0 Å². The molecule has 0 fully saturated rings. The maximum absolute atomic E-state index is 13.0. The second-order valence-electron chi connectivity index (χ2n) is 8.07. The lowest BCUT2D eigenvalue weighted by Gasteiger charge is -2.08. The Morgan fingerprint density at radius 2 is 1.79 bits per heavy atom. The molecule has 10 nitrogen and oxygen atoms in total. The van der Waals surface area contributed by atoms with Crippen molar-refractivity contribution in [1.82, 2.24) is 23.7 Å². The van der Waals surface area contributed by atoms with Crippen molar-refractivity contribution < 1.29 is 5.11 Å². The molecule has 2 N–H and O–H groups in total. The molecule has 172 valence electrons. The van der Waals surface area contributed by atoms with Gasteiger partial charge in [0.25, 0.3) is 11.5 Å². The average Bonchev–Trinajstić information content (AvgIpc) is 3.33. The molecule has 5 rings (SSSR count). The summed E-state index contributed by atoms with van der Waals surface area (Å²) < 4.78 is 4.80. The normalized spacial score (nSPS) is 11.9. The lowest BCUT2D eigenvalue weighted by atomic mass is 10.1. The molecule has 0 bridgehead atoms. The predicted molar refractivity (Wildman–Crippen MR) is 132 cm³/mol. The zero-order valence-corrected chi connectivity index (χ0v) is 20.2. The number of hydrogen-bond donors (Lipinski definition) is 2. The second-order valence-corrected chi connectivity index (χ2v) is 8.99. The number of aromatic nitrogens is 5. The largest absolute Gasteiger partial charge is 0.493 e. The first-order valence-corrected chi connectivity index (χ1v) is 11.2. The Labute approximate surface area is 201 Å². The summed E-state index contributed by atoms with van der Waals surface area (Å²) in [5.74, 6) is -0.000943. The number of aryl methyl sites for hydroxylation is 2. The van der Waals surface area contributed by atoms with Gasteiger partial charge >= 0.3 is 5.69 Å². The van der Waals surface area contributed by atoms with Crippen molar-refractivity contribution in [3.05, 3.63) is 78.9 Å². The Hall–Kier alpha value is -3.99. The van der Waals surface area contributed by atoms with Crippen LogP contribution in [-0.4, -0.2) is 28.8 Å². The van der Waals surface area contributed by atoms with Gasteiger partial charge in [0, 0.05) is 24.0 Å². The molecule has 0 unspecified atom stereocenters. The van der Waals surface area contributed by atoms with E-state index in [9.17, 15) is 14.7 Å². The summed E-state index contributed by atoms with van der Waals surface area (Å²) in [6.45, 7) is 2.29. The van der Waals surface area contributed by atoms with Gasteiger partial charge in [-0.3, -0.25) is 18.5 Å². The summed E-state index contributed by atoms with van der Waals surface area (Å²) in [5.41, 5.74) is 2.46. The molecule has 11 heteroatoms. The van der Waals surface area contributed by atoms with E-state index in [1.165, 1.54) is 11.6 Å². The Morgan fingerprint density at radius 1 is 1.06 bits per heavy atom. The van der Waals surface area contributed by atoms with E-state index in [4.69, 9.17) is 0 Å². The summed E-state index contributed by atoms with van der Waals surface area (Å²) in [5, 5.41) is 19.6. The van der Waals surface area contributed by atoms with Crippen LogP contribution in [0.25, 0.3) is 22.1 Å². The summed E-state index contributed by atoms with van der Waals surface area (Å²) in [6, 6.07) is 13.3. The molecule has 34 heavy (non-hydrogen) atoms. The van der Waals surface area contributed by atoms with Crippen molar-refractivity contribution in [2.24, 2.45) is 24.3 Å². The van der Waals surface area contributed by atoms with E-state index in [1.54, 1.807) is 11.6 Å². The number of benzene rings is 2. The number of aromatic amines is 1. The van der Waals surface area contributed by atoms with E-state index in [1.807, 2.05) is 49.4 Å². The highest BCUT2D eigenvalue weighted by molar-refractivity contribution is 9.10. The number of halogens is 1. The maximum atomic E-state index is 13.0. The molecule has 2 aromatic carbocycles. The van der Waals surface area contributed by atoms with Crippen molar-refractivity contribution >= 4 is 49.6 Å². The van der Waals surface area contributed by atoms with E-state index in [2.05, 4.69) is 36.1 Å². The summed E-state index contributed by atoms with van der Waals surface area (Å²) in [4.78, 5) is 32.8. The van der Waals surface area contributed by atoms with Gasteiger partial charge in [-0.2, -0.15) is 4.98 Å². The number of nitrogens with zero attached hydrogens (tertiary/aromatic N) is 6. The van der Waals surface area contributed by atoms with Gasteiger partial charge in [0.2, 0.25) is 5.88 Å². The van der Waals surface area contributed by atoms with Crippen molar-refractivity contribution in [3.8, 4) is 5.88 Å². The van der Waals surface area contributed by atoms with Gasteiger partial charge in [-0.25, -0.2) is 4.79 Å². The fourth-order valence-corrected chi connectivity index (χ4v) is 4.23. The smallest absolute Gasteiger partial charge is 0.332 e. The number of nitrogens with one attached hydrogen (secondary N) is 1. The van der Waals surface area contributed by atoms with Crippen LogP contribution in [0.4, 0.5) is 11.6 Å². The monoisotopic (exact) mass is 521 g/mol. The van der Waals surface area contributed by atoms with E-state index in [0.717, 1.165) is 20.2 Å². The number of H-pyrrole nitrogens is 1. The molecule has 0 atom stereocenters. The number of rotatable bonds is 4. The minimum atomic E-state index is -0.486. The summed E-state index contributed by atoms with van der Waals surface area (Å²) in [7, 11) is 2.98. The fourth-order valence-electron chi connectivity index (χ4n) is 3.87. The first kappa shape index (κ1) is 21.8. The van der Waals surface area contributed by atoms with Gasteiger partial charge in [0.1, 0.15) is 0 Å². The van der Waals surface area contributed by atoms with Crippen molar-refractivity contribution in [1.29, 1.82) is 0 Å². The number of fused-ring (bicyclic) bond motifs is 2. The quantitative estimate of drug-likeness (QED) is 0.344. The third kappa shape index (κ3) is 3.54. The predicted octanol–water partition coefficient (Wildman–Crippen LogP) is 4.16. The molecule has 3 heterocycles. The molecule has 0 aliphatic rings. The molecule has 3 aromatic heterocycles. The zero-order chi connectivity index (χ0) is 24.1. The summed E-state index contributed by atoms with van der Waals surface area (Å²) >= 11 is 3.42. The van der Waals surface area contributed by atoms with Gasteiger partial charge in [-0.15, -0.1) is 10.2 Å². The van der Waals surface area contributed by atoms with Crippen LogP contribution in [0.2, 0.25) is 0 Å². The van der Waals surface area contributed by atoms with Gasteiger partial charge in [0.15, 0.2) is 16.9 Å². The van der Waals surface area contributed by atoms with Crippen LogP contribution in [0, 0.1) is 6.92 Å². The maximum Gasteiger partial charge on any atom is 0.332 e. The molecule has 0 amide bonds. The van der Waals surface area contributed by atoms with E-state index in [0.29, 0.717) is 17.4 Å². The molecule has 5 aromatic rings. The lowest BCUT2D eigenvalue weighted by molar-refractivity contribution is 0.459. The van der Waals surface area contributed by atoms with Crippen LogP contribution < -0.4 is 11.2 Å². The zero-order valence-electron chi connectivity index (χ0n) is 18.6. The van der Waals surface area contributed by atoms with Crippen LogP contribution in [0.5, 0.6) is 5.88 Å². The highest BCUT2D eigenvalue weighted by atomic mass is 79.9. The Bertz CT molecular complexity index is 1720. The number of azo groups is 1. The molecule has 0 saturated heterocycles. The van der Waals surface area contributed by atoms with Gasteiger partial charge in [-0.05, 0) is 30.7 Å². The van der Waals surface area contributed by atoms with Gasteiger partial charge in [-0.1, -0.05) is 45.8 Å². The summed E-state index contributed by atoms with van der Waals surface area (Å²) in [6.07, 6.45) is 0. The molecule has 0 aliphatic carbocycles. The number of hydrogen-bond acceptors (Lipinski definition) is 6. The highest BCUT2D eigenvalue weighted by Crippen LogP contribution is 2.37. The van der Waals surface area contributed by atoms with Crippen LogP contribution in [0.15, 0.2) is 66.8 Å². The van der Waals surface area contributed by atoms with Crippen molar-refractivity contribution in [2.45, 2.75) is 13.5 Å². The third-order valence-corrected chi connectivity index (χ3v) is 6.24. The van der Waals surface area contributed by atoms with E-state index in [-0.39, 0.29) is 28.7 Å². The molecule has 0 spiro atoms. The third-order valence-electron chi connectivity index (χ3n) is 5.74. The first-order valence-electron chi connectivity index (χ1n) is 10.4. The first-order chi connectivity index (χ1) is 16.2. The van der Waals surface area contributed by atoms with Crippen LogP contribution >= 0.6 is 15.9 Å². The lowest BCUT2D eigenvalue weighted by Crippen LogP contribution is -2.37.